The van der Waals surface area contributed by atoms with Crippen LogP contribution in [0, 0.1) is 29.6 Å². The van der Waals surface area contributed by atoms with E-state index >= 15 is 0 Å². The summed E-state index contributed by atoms with van der Waals surface area (Å²) in [6.45, 7) is 2.27. The minimum Gasteiger partial charge on any atom is -0.294 e. The Kier molecular flexibility index (Phi) is 5.43. The van der Waals surface area contributed by atoms with Gasteiger partial charge in [-0.2, -0.15) is 0 Å². The number of fused-ring (bicyclic) bond motifs is 5. The molecule has 0 saturated heterocycles. The van der Waals surface area contributed by atoms with Crippen molar-refractivity contribution >= 4 is 11.9 Å². The maximum atomic E-state index is 13.3. The lowest BCUT2D eigenvalue weighted by molar-refractivity contribution is -0.118. The Balaban J connectivity index is 1.50. The lowest BCUT2D eigenvalue weighted by Crippen LogP contribution is -2.21. The van der Waals surface area contributed by atoms with Crippen LogP contribution in [0.5, 0.6) is 0 Å². The second-order valence-electron chi connectivity index (χ2n) is 8.59. The Morgan fingerprint density at radius 1 is 0.962 bits per heavy atom. The van der Waals surface area contributed by atoms with Gasteiger partial charge in [0, 0.05) is 5.92 Å². The summed E-state index contributed by atoms with van der Waals surface area (Å²) in [5, 5.41) is 0. The third-order valence-electron chi connectivity index (χ3n) is 6.96. The fourth-order valence-corrected chi connectivity index (χ4v) is 5.76. The molecule has 3 aliphatic rings. The summed E-state index contributed by atoms with van der Waals surface area (Å²) in [5.41, 5.74) is 2.32. The van der Waals surface area contributed by atoms with Crippen molar-refractivity contribution in [3.05, 3.63) is 53.6 Å². The lowest BCUT2D eigenvalue weighted by Gasteiger charge is -2.25. The van der Waals surface area contributed by atoms with Crippen molar-refractivity contribution in [2.75, 3.05) is 0 Å². The highest BCUT2D eigenvalue weighted by Gasteiger charge is 2.57. The van der Waals surface area contributed by atoms with Crippen LogP contribution >= 0.6 is 0 Å². The molecule has 0 N–H and O–H groups in total. The molecule has 2 fully saturated rings. The quantitative estimate of drug-likeness (QED) is 0.299. The van der Waals surface area contributed by atoms with Crippen molar-refractivity contribution < 1.29 is 4.79 Å². The third-order valence-corrected chi connectivity index (χ3v) is 6.96. The van der Waals surface area contributed by atoms with E-state index in [0.29, 0.717) is 29.5 Å². The standard InChI is InChI=1S/C25H32O/c1-2-3-4-5-6-10-13-21-22(16-18-11-8-7-9-12-18)25(26)24-20-15-14-19(17-20)23(21)24/h7-9,11-12,14-16,19-21,23-24H,2-6,10,13,17H2,1H3/b22-16+/t19-,20+,21+,23-,24-/m0/s1. The van der Waals surface area contributed by atoms with Crippen molar-refractivity contribution in [1.82, 2.24) is 0 Å². The first kappa shape index (κ1) is 17.8. The molecule has 0 aliphatic heterocycles. The summed E-state index contributed by atoms with van der Waals surface area (Å²) in [4.78, 5) is 13.3. The van der Waals surface area contributed by atoms with E-state index in [1.807, 2.05) is 6.07 Å². The van der Waals surface area contributed by atoms with Crippen LogP contribution in [0.15, 0.2) is 48.1 Å². The van der Waals surface area contributed by atoms with Crippen LogP contribution in [0.4, 0.5) is 0 Å². The molecule has 2 bridgehead atoms. The van der Waals surface area contributed by atoms with E-state index in [9.17, 15) is 4.79 Å². The minimum atomic E-state index is 0.282. The molecule has 2 saturated carbocycles. The zero-order chi connectivity index (χ0) is 17.9. The highest BCUT2D eigenvalue weighted by Crippen LogP contribution is 2.59. The molecule has 1 nitrogen and oxygen atoms in total. The Labute approximate surface area is 158 Å². The van der Waals surface area contributed by atoms with Gasteiger partial charge in [-0.05, 0) is 53.7 Å². The van der Waals surface area contributed by atoms with Crippen LogP contribution in [-0.4, -0.2) is 5.78 Å². The Bertz CT molecular complexity index is 683. The highest BCUT2D eigenvalue weighted by atomic mass is 16.1. The molecule has 3 aliphatic carbocycles. The van der Waals surface area contributed by atoms with E-state index in [-0.39, 0.29) is 5.92 Å². The van der Waals surface area contributed by atoms with Crippen molar-refractivity contribution in [3.8, 4) is 0 Å². The number of hydrogen-bond acceptors (Lipinski definition) is 1. The zero-order valence-corrected chi connectivity index (χ0v) is 16.1. The Hall–Kier alpha value is -1.63. The van der Waals surface area contributed by atoms with Gasteiger partial charge in [-0.1, -0.05) is 87.9 Å². The second-order valence-corrected chi connectivity index (χ2v) is 8.59. The number of unbranched alkanes of at least 4 members (excludes halogenated alkanes) is 5. The number of benzene rings is 1. The number of carbonyl (C=O) groups excluding carboxylic acids is 1. The number of Topliss-reactive ketones (excluding diaryl/α,β-unsaturated/α-hetero) is 1. The van der Waals surface area contributed by atoms with Crippen LogP contribution in [0.1, 0.15) is 63.9 Å². The summed E-state index contributed by atoms with van der Waals surface area (Å²) in [5.74, 6) is 2.99. The fraction of sp³-hybridized carbons (Fsp3) is 0.560. The van der Waals surface area contributed by atoms with E-state index < -0.39 is 0 Å². The number of hydrogen-bond donors (Lipinski definition) is 0. The third kappa shape index (κ3) is 3.33. The molecule has 1 aromatic rings. The molecule has 0 aromatic heterocycles. The van der Waals surface area contributed by atoms with E-state index in [2.05, 4.69) is 49.4 Å². The molecule has 26 heavy (non-hydrogen) atoms. The van der Waals surface area contributed by atoms with Gasteiger partial charge in [0.05, 0.1) is 0 Å². The van der Waals surface area contributed by atoms with Crippen molar-refractivity contribution in [2.24, 2.45) is 29.6 Å². The fourth-order valence-electron chi connectivity index (χ4n) is 5.76. The second kappa shape index (κ2) is 7.94. The first-order chi connectivity index (χ1) is 12.8. The summed E-state index contributed by atoms with van der Waals surface area (Å²) >= 11 is 0. The minimum absolute atomic E-state index is 0.282. The van der Waals surface area contributed by atoms with Crippen molar-refractivity contribution in [3.63, 3.8) is 0 Å². The van der Waals surface area contributed by atoms with Crippen molar-refractivity contribution in [2.45, 2.75) is 58.3 Å². The maximum absolute atomic E-state index is 13.3. The first-order valence-corrected chi connectivity index (χ1v) is 10.8. The summed E-state index contributed by atoms with van der Waals surface area (Å²) < 4.78 is 0. The first-order valence-electron chi connectivity index (χ1n) is 10.8. The Morgan fingerprint density at radius 2 is 1.69 bits per heavy atom. The highest BCUT2D eigenvalue weighted by molar-refractivity contribution is 6.05. The summed E-state index contributed by atoms with van der Waals surface area (Å²) in [6.07, 6.45) is 17.4. The molecular formula is C25H32O. The van der Waals surface area contributed by atoms with Crippen LogP contribution in [0.25, 0.3) is 6.08 Å². The van der Waals surface area contributed by atoms with Gasteiger partial charge in [0.1, 0.15) is 0 Å². The molecular weight excluding hydrogens is 316 g/mol. The van der Waals surface area contributed by atoms with Gasteiger partial charge in [0.15, 0.2) is 5.78 Å². The molecule has 4 rings (SSSR count). The van der Waals surface area contributed by atoms with Crippen LogP contribution in [-0.2, 0) is 4.79 Å². The predicted molar refractivity (Wildman–Crippen MR) is 109 cm³/mol. The van der Waals surface area contributed by atoms with Gasteiger partial charge in [0.25, 0.3) is 0 Å². The van der Waals surface area contributed by atoms with E-state index in [4.69, 9.17) is 0 Å². The SMILES string of the molecule is CCCCCCCC[C@@H]1/C(=C\c2ccccc2)C(=O)[C@@H]2[C@H]1[C@H]1C=C[C@@H]2C1. The molecule has 1 heteroatoms. The summed E-state index contributed by atoms with van der Waals surface area (Å²) in [7, 11) is 0. The van der Waals surface area contributed by atoms with Crippen LogP contribution in [0.3, 0.4) is 0 Å². The van der Waals surface area contributed by atoms with Gasteiger partial charge in [-0.25, -0.2) is 0 Å². The maximum Gasteiger partial charge on any atom is 0.163 e. The monoisotopic (exact) mass is 348 g/mol. The normalized spacial score (nSPS) is 33.3. The molecule has 0 spiro atoms. The van der Waals surface area contributed by atoms with E-state index in [1.54, 1.807) is 0 Å². The molecule has 0 amide bonds. The predicted octanol–water partition coefficient (Wildman–Crippen LogP) is 6.46. The Morgan fingerprint density at radius 3 is 2.50 bits per heavy atom. The average molecular weight is 349 g/mol. The zero-order valence-electron chi connectivity index (χ0n) is 16.1. The van der Waals surface area contributed by atoms with Crippen LogP contribution < -0.4 is 0 Å². The number of ketones is 1. The van der Waals surface area contributed by atoms with Crippen molar-refractivity contribution in [1.29, 1.82) is 0 Å². The van der Waals surface area contributed by atoms with Gasteiger partial charge in [0.2, 0.25) is 0 Å². The van der Waals surface area contributed by atoms with E-state index in [1.165, 1.54) is 56.9 Å². The van der Waals surface area contributed by atoms with Gasteiger partial charge >= 0.3 is 0 Å². The molecule has 138 valence electrons. The lowest BCUT2D eigenvalue weighted by atomic mass is 9.78. The number of allylic oxidation sites excluding steroid dienone is 3. The molecule has 0 heterocycles. The molecule has 0 radical (unpaired) electrons. The molecule has 0 unspecified atom stereocenters. The molecule has 1 aromatic carbocycles. The number of rotatable bonds is 8. The van der Waals surface area contributed by atoms with Gasteiger partial charge in [-0.3, -0.25) is 4.79 Å². The summed E-state index contributed by atoms with van der Waals surface area (Å²) in [6, 6.07) is 10.4. The molecule has 5 atom stereocenters. The number of carbonyl (C=O) groups is 1. The van der Waals surface area contributed by atoms with Gasteiger partial charge < -0.3 is 0 Å². The topological polar surface area (TPSA) is 17.1 Å². The largest absolute Gasteiger partial charge is 0.294 e. The van der Waals surface area contributed by atoms with E-state index in [0.717, 1.165) is 5.57 Å². The van der Waals surface area contributed by atoms with Crippen LogP contribution in [0.2, 0.25) is 0 Å². The van der Waals surface area contributed by atoms with Gasteiger partial charge in [-0.15, -0.1) is 0 Å². The average Bonchev–Trinajstić information content (AvgIpc) is 3.34. The smallest absolute Gasteiger partial charge is 0.163 e.